The maximum atomic E-state index is 13.5. The number of carbonyl (C=O) groups is 2. The van der Waals surface area contributed by atoms with Crippen LogP contribution in [0.15, 0.2) is 42.5 Å². The van der Waals surface area contributed by atoms with E-state index in [4.69, 9.17) is 0 Å². The van der Waals surface area contributed by atoms with Gasteiger partial charge in [0.2, 0.25) is 15.9 Å². The highest BCUT2D eigenvalue weighted by molar-refractivity contribution is 7.92. The molecule has 30 heavy (non-hydrogen) atoms. The smallest absolute Gasteiger partial charge is 0.253 e. The van der Waals surface area contributed by atoms with Crippen molar-refractivity contribution in [1.82, 2.24) is 5.32 Å². The molecule has 0 aliphatic carbocycles. The minimum absolute atomic E-state index is 0.0737. The maximum absolute atomic E-state index is 13.5. The van der Waals surface area contributed by atoms with Crippen molar-refractivity contribution in [3.05, 3.63) is 59.7 Å². The van der Waals surface area contributed by atoms with Gasteiger partial charge in [-0.05, 0) is 37.6 Å². The number of anilines is 2. The summed E-state index contributed by atoms with van der Waals surface area (Å²) >= 11 is 0. The van der Waals surface area contributed by atoms with Gasteiger partial charge in [0.1, 0.15) is 6.54 Å². The molecule has 0 radical (unpaired) electrons. The summed E-state index contributed by atoms with van der Waals surface area (Å²) in [5.74, 6) is -3.53. The monoisotopic (exact) mass is 439 g/mol. The number of sulfonamides is 1. The van der Waals surface area contributed by atoms with Gasteiger partial charge < -0.3 is 10.6 Å². The molecule has 0 spiro atoms. The third-order valence-electron chi connectivity index (χ3n) is 4.31. The third-order valence-corrected chi connectivity index (χ3v) is 5.45. The molecule has 2 rings (SSSR count). The van der Waals surface area contributed by atoms with E-state index in [0.29, 0.717) is 10.4 Å². The average molecular weight is 439 g/mol. The summed E-state index contributed by atoms with van der Waals surface area (Å²) in [5.41, 5.74) is 0.210. The fourth-order valence-electron chi connectivity index (χ4n) is 2.55. The van der Waals surface area contributed by atoms with Gasteiger partial charge in [-0.1, -0.05) is 19.1 Å². The predicted octanol–water partition coefficient (Wildman–Crippen LogP) is 2.90. The SMILES string of the molecule is CC[C@H](C)NC(=O)c1ccccc1NC(=O)CN(c1ccc(F)c(F)c1)S(C)(=O)=O. The number of nitrogens with one attached hydrogen (secondary N) is 2. The van der Waals surface area contributed by atoms with Gasteiger partial charge in [0, 0.05) is 12.1 Å². The molecule has 0 saturated carbocycles. The van der Waals surface area contributed by atoms with Crippen LogP contribution in [0.25, 0.3) is 0 Å². The first-order valence-electron chi connectivity index (χ1n) is 9.15. The fourth-order valence-corrected chi connectivity index (χ4v) is 3.40. The van der Waals surface area contributed by atoms with E-state index < -0.39 is 34.1 Å². The van der Waals surface area contributed by atoms with Gasteiger partial charge in [-0.25, -0.2) is 17.2 Å². The fraction of sp³-hybridized carbons (Fsp3) is 0.300. The summed E-state index contributed by atoms with van der Waals surface area (Å²) in [6, 6.07) is 8.72. The van der Waals surface area contributed by atoms with Crippen LogP contribution in [0.1, 0.15) is 30.6 Å². The Bertz CT molecular complexity index is 1040. The molecule has 0 aromatic heterocycles. The Hall–Kier alpha value is -3.01. The summed E-state index contributed by atoms with van der Waals surface area (Å²) in [7, 11) is -3.98. The molecule has 2 aromatic rings. The predicted molar refractivity (Wildman–Crippen MR) is 111 cm³/mol. The van der Waals surface area contributed by atoms with Crippen LogP contribution < -0.4 is 14.9 Å². The van der Waals surface area contributed by atoms with Gasteiger partial charge >= 0.3 is 0 Å². The molecule has 0 heterocycles. The minimum Gasteiger partial charge on any atom is -0.350 e. The molecule has 0 bridgehead atoms. The molecule has 7 nitrogen and oxygen atoms in total. The zero-order valence-electron chi connectivity index (χ0n) is 16.8. The average Bonchev–Trinajstić information content (AvgIpc) is 2.67. The van der Waals surface area contributed by atoms with Crippen molar-refractivity contribution in [3.8, 4) is 0 Å². The van der Waals surface area contributed by atoms with Crippen molar-refractivity contribution in [3.63, 3.8) is 0 Å². The number of halogens is 2. The molecule has 0 aliphatic heterocycles. The number of para-hydroxylation sites is 1. The number of amides is 2. The molecule has 2 aromatic carbocycles. The van der Waals surface area contributed by atoms with Crippen LogP contribution in [0, 0.1) is 11.6 Å². The first kappa shape index (κ1) is 23.3. The molecule has 2 N–H and O–H groups in total. The van der Waals surface area contributed by atoms with Crippen molar-refractivity contribution in [1.29, 1.82) is 0 Å². The number of nitrogens with zero attached hydrogens (tertiary/aromatic N) is 1. The van der Waals surface area contributed by atoms with Crippen LogP contribution >= 0.6 is 0 Å². The van der Waals surface area contributed by atoms with Gasteiger partial charge in [0.05, 0.1) is 23.2 Å². The van der Waals surface area contributed by atoms with E-state index in [0.717, 1.165) is 24.8 Å². The van der Waals surface area contributed by atoms with E-state index in [2.05, 4.69) is 10.6 Å². The number of benzene rings is 2. The quantitative estimate of drug-likeness (QED) is 0.661. The highest BCUT2D eigenvalue weighted by atomic mass is 32.2. The number of rotatable bonds is 8. The minimum atomic E-state index is -3.98. The number of carbonyl (C=O) groups excluding carboxylic acids is 2. The van der Waals surface area contributed by atoms with Gasteiger partial charge in [-0.2, -0.15) is 0 Å². The molecule has 0 saturated heterocycles. The van der Waals surface area contributed by atoms with Crippen LogP contribution in [0.4, 0.5) is 20.2 Å². The van der Waals surface area contributed by atoms with E-state index in [9.17, 15) is 26.8 Å². The first-order valence-corrected chi connectivity index (χ1v) is 11.0. The van der Waals surface area contributed by atoms with Crippen LogP contribution in [0.3, 0.4) is 0 Å². The Labute approximate surface area is 174 Å². The van der Waals surface area contributed by atoms with Crippen molar-refractivity contribution >= 4 is 33.2 Å². The van der Waals surface area contributed by atoms with E-state index >= 15 is 0 Å². The number of hydrogen-bond acceptors (Lipinski definition) is 4. The molecular formula is C20H23F2N3O4S. The van der Waals surface area contributed by atoms with Crippen LogP contribution in [0.5, 0.6) is 0 Å². The normalized spacial score (nSPS) is 12.2. The van der Waals surface area contributed by atoms with Crippen molar-refractivity contribution in [2.45, 2.75) is 26.3 Å². The lowest BCUT2D eigenvalue weighted by Crippen LogP contribution is -2.38. The largest absolute Gasteiger partial charge is 0.350 e. The summed E-state index contributed by atoms with van der Waals surface area (Å²) in [4.78, 5) is 25.0. The second-order valence-electron chi connectivity index (χ2n) is 6.74. The van der Waals surface area contributed by atoms with Crippen LogP contribution in [0.2, 0.25) is 0 Å². The molecule has 1 atom stereocenters. The van der Waals surface area contributed by atoms with Gasteiger partial charge in [0.15, 0.2) is 11.6 Å². The second-order valence-corrected chi connectivity index (χ2v) is 8.65. The lowest BCUT2D eigenvalue weighted by Gasteiger charge is -2.22. The van der Waals surface area contributed by atoms with Crippen molar-refractivity contribution < 1.29 is 26.8 Å². The molecular weight excluding hydrogens is 416 g/mol. The lowest BCUT2D eigenvalue weighted by atomic mass is 10.1. The van der Waals surface area contributed by atoms with Gasteiger partial charge in [-0.15, -0.1) is 0 Å². The zero-order valence-corrected chi connectivity index (χ0v) is 17.6. The molecule has 0 fully saturated rings. The van der Waals surface area contributed by atoms with E-state index in [-0.39, 0.29) is 28.9 Å². The summed E-state index contributed by atoms with van der Waals surface area (Å²) in [5, 5.41) is 5.30. The summed E-state index contributed by atoms with van der Waals surface area (Å²) in [6.07, 6.45) is 1.56. The highest BCUT2D eigenvalue weighted by Crippen LogP contribution is 2.21. The second kappa shape index (κ2) is 9.66. The Morgan fingerprint density at radius 2 is 1.77 bits per heavy atom. The van der Waals surface area contributed by atoms with Crippen molar-refractivity contribution in [2.75, 3.05) is 22.4 Å². The Kier molecular flexibility index (Phi) is 7.49. The molecule has 162 valence electrons. The first-order chi connectivity index (χ1) is 14.0. The van der Waals surface area contributed by atoms with Gasteiger partial charge in [0.25, 0.3) is 5.91 Å². The Morgan fingerprint density at radius 1 is 1.10 bits per heavy atom. The lowest BCUT2D eigenvalue weighted by molar-refractivity contribution is -0.114. The van der Waals surface area contributed by atoms with Gasteiger partial charge in [-0.3, -0.25) is 13.9 Å². The molecule has 0 unspecified atom stereocenters. The topological polar surface area (TPSA) is 95.6 Å². The maximum Gasteiger partial charge on any atom is 0.253 e. The Balaban J connectivity index is 2.24. The molecule has 2 amide bonds. The van der Waals surface area contributed by atoms with E-state index in [1.54, 1.807) is 12.1 Å². The highest BCUT2D eigenvalue weighted by Gasteiger charge is 2.23. The van der Waals surface area contributed by atoms with Crippen LogP contribution in [-0.2, 0) is 14.8 Å². The van der Waals surface area contributed by atoms with Crippen LogP contribution in [-0.4, -0.2) is 39.1 Å². The molecule has 10 heteroatoms. The summed E-state index contributed by atoms with van der Waals surface area (Å²) in [6.45, 7) is 3.06. The van der Waals surface area contributed by atoms with E-state index in [1.807, 2.05) is 13.8 Å². The number of hydrogen-bond donors (Lipinski definition) is 2. The standard InChI is InChI=1S/C20H23F2N3O4S/c1-4-13(2)23-20(27)15-7-5-6-8-18(15)24-19(26)12-25(30(3,28)29)14-9-10-16(21)17(22)11-14/h5-11,13H,4,12H2,1-3H3,(H,23,27)(H,24,26)/t13-/m0/s1. The third kappa shape index (κ3) is 5.99. The van der Waals surface area contributed by atoms with Crippen molar-refractivity contribution in [2.24, 2.45) is 0 Å². The summed E-state index contributed by atoms with van der Waals surface area (Å²) < 4.78 is 51.6. The van der Waals surface area contributed by atoms with E-state index in [1.165, 1.54) is 12.1 Å². The zero-order chi connectivity index (χ0) is 22.5. The molecule has 0 aliphatic rings. The Morgan fingerprint density at radius 3 is 2.37 bits per heavy atom.